The van der Waals surface area contributed by atoms with Gasteiger partial charge in [-0.25, -0.2) is 9.78 Å². The molecule has 2 heterocycles. The van der Waals surface area contributed by atoms with E-state index in [9.17, 15) is 46.2 Å². The molecule has 0 radical (unpaired) electrons. The van der Waals surface area contributed by atoms with Gasteiger partial charge in [-0.2, -0.15) is 26.4 Å². The first-order valence-electron chi connectivity index (χ1n) is 20.9. The molecule has 1 aromatic heterocycles. The number of benzene rings is 6. The number of aromatic amines is 1. The maximum atomic E-state index is 11.7. The van der Waals surface area contributed by atoms with Crippen LogP contribution in [0.25, 0.3) is 22.4 Å². The van der Waals surface area contributed by atoms with Crippen molar-refractivity contribution in [1.29, 1.82) is 0 Å². The molecule has 8 rings (SSSR count). The van der Waals surface area contributed by atoms with Gasteiger partial charge in [0.15, 0.2) is 5.78 Å². The minimum atomic E-state index is -4.69. The summed E-state index contributed by atoms with van der Waals surface area (Å²) in [5, 5.41) is 18.4. The number of carbonyl (C=O) groups is 4. The third-order valence-electron chi connectivity index (χ3n) is 10.0. The predicted molar refractivity (Wildman–Crippen MR) is 272 cm³/mol. The quantitative estimate of drug-likeness (QED) is 0.0258. The van der Waals surface area contributed by atoms with E-state index in [0.29, 0.717) is 40.0 Å². The molecule has 0 aliphatic carbocycles. The van der Waals surface area contributed by atoms with Crippen LogP contribution in [0.3, 0.4) is 0 Å². The molecule has 394 valence electrons. The number of anilines is 2. The van der Waals surface area contributed by atoms with Crippen molar-refractivity contribution in [2.45, 2.75) is 31.1 Å². The Morgan fingerprint density at radius 1 is 0.724 bits per heavy atom. The van der Waals surface area contributed by atoms with E-state index in [1.807, 2.05) is 67.6 Å². The Kier molecular flexibility index (Phi) is 25.4. The number of aldehydes is 2. The summed E-state index contributed by atoms with van der Waals surface area (Å²) in [4.78, 5) is 72.5. The number of aliphatic hydroxyl groups excluding tert-OH is 2. The van der Waals surface area contributed by atoms with Gasteiger partial charge in [0, 0.05) is 28.7 Å². The summed E-state index contributed by atoms with van der Waals surface area (Å²) < 4.78 is 89.8. The molecular formula is C49H46N5NaO18S3. The summed E-state index contributed by atoms with van der Waals surface area (Å²) in [7, 11) is -11.1. The normalized spacial score (nSPS) is 11.6. The molecule has 2 atom stereocenters. The molecule has 2 unspecified atom stereocenters. The summed E-state index contributed by atoms with van der Waals surface area (Å²) in [5.74, 6) is 0.410. The number of Topliss-reactive ketones (excluding diaryl/α,β-unsaturated/α-hetero) is 1. The van der Waals surface area contributed by atoms with Gasteiger partial charge in [0.1, 0.15) is 18.4 Å². The van der Waals surface area contributed by atoms with E-state index < -0.39 is 41.7 Å². The number of nitrogens with zero attached hydrogens (tertiary/aromatic N) is 2. The third-order valence-corrected chi connectivity index (χ3v) is 11.7. The number of ether oxygens (including phenoxy) is 1. The van der Waals surface area contributed by atoms with Crippen molar-refractivity contribution in [3.63, 3.8) is 0 Å². The number of nitrogen functional groups attached to an aromatic ring is 2. The zero-order valence-electron chi connectivity index (χ0n) is 41.4. The molecule has 1 aliphatic heterocycles. The fourth-order valence-corrected chi connectivity index (χ4v) is 7.32. The average molecular weight is 1110 g/mol. The van der Waals surface area contributed by atoms with E-state index in [1.54, 1.807) is 49.4 Å². The molecule has 0 saturated heterocycles. The number of nitrogens with one attached hydrogen (secondary N) is 1. The first-order valence-corrected chi connectivity index (χ1v) is 24.9. The number of rotatable bonds is 10. The van der Waals surface area contributed by atoms with Gasteiger partial charge in [-0.05, 0) is 90.2 Å². The first-order chi connectivity index (χ1) is 35.3. The summed E-state index contributed by atoms with van der Waals surface area (Å²) in [5.41, 5.74) is 17.5. The van der Waals surface area contributed by atoms with Gasteiger partial charge in [0.05, 0.1) is 46.5 Å². The van der Waals surface area contributed by atoms with Crippen LogP contribution in [0, 0.1) is 6.92 Å². The number of H-pyrrole nitrogens is 1. The van der Waals surface area contributed by atoms with Crippen LogP contribution < -0.4 is 41.0 Å². The SMILES string of the molecule is COC(=O)c1ccc2nc(-c3ccc(C4=Nc5ccc(C(C)=O)cc5C4)cc3)[nH]c2c1.Cc1ccc(N)c(N)c1.O=C=O.O=Cc1ccc(C=O)cc1.O=S(=O)(O)C(O)c1ccc(C(O)S(=O)(=O)O)cc1.O=S(=O)=O.[H-].[Na+]. The van der Waals surface area contributed by atoms with E-state index in [0.717, 1.165) is 87.3 Å². The largest absolute Gasteiger partial charge is 1.00 e. The fourth-order valence-electron chi connectivity index (χ4n) is 6.32. The molecule has 27 heteroatoms. The summed E-state index contributed by atoms with van der Waals surface area (Å²) >= 11 is 0. The van der Waals surface area contributed by atoms with Gasteiger partial charge < -0.3 is 32.8 Å². The van der Waals surface area contributed by atoms with E-state index in [2.05, 4.69) is 9.97 Å². The van der Waals surface area contributed by atoms with Gasteiger partial charge in [-0.15, -0.1) is 12.6 Å². The van der Waals surface area contributed by atoms with Crippen LogP contribution in [-0.2, 0) is 51.6 Å². The zero-order valence-corrected chi connectivity index (χ0v) is 44.9. The van der Waals surface area contributed by atoms with Crippen molar-refractivity contribution in [3.8, 4) is 11.4 Å². The zero-order chi connectivity index (χ0) is 56.2. The van der Waals surface area contributed by atoms with Crippen molar-refractivity contribution in [3.05, 3.63) is 177 Å². The second kappa shape index (κ2) is 30.0. The van der Waals surface area contributed by atoms with Crippen LogP contribution in [0.2, 0.25) is 0 Å². The molecule has 23 nitrogen and oxygen atoms in total. The number of hydrogen-bond donors (Lipinski definition) is 7. The van der Waals surface area contributed by atoms with Crippen LogP contribution in [0.15, 0.2) is 132 Å². The first kappa shape index (κ1) is 64.4. The molecule has 7 aromatic rings. The maximum Gasteiger partial charge on any atom is 1.00 e. The van der Waals surface area contributed by atoms with Gasteiger partial charge in [0.25, 0.3) is 20.2 Å². The predicted octanol–water partition coefficient (Wildman–Crippen LogP) is 2.34. The number of methoxy groups -OCH3 is 1. The number of esters is 1. The van der Waals surface area contributed by atoms with E-state index >= 15 is 0 Å². The number of imidazole rings is 1. The second-order valence-corrected chi connectivity index (χ2v) is 18.6. The minimum Gasteiger partial charge on any atom is -1.00 e. The Bertz CT molecular complexity index is 3510. The van der Waals surface area contributed by atoms with Crippen molar-refractivity contribution >= 4 is 95.1 Å². The van der Waals surface area contributed by atoms with E-state index in [4.69, 9.17) is 52.5 Å². The Morgan fingerprint density at radius 3 is 1.62 bits per heavy atom. The van der Waals surface area contributed by atoms with E-state index in [-0.39, 0.29) is 60.0 Å². The number of aromatic nitrogens is 2. The standard InChI is InChI=1S/C25H19N3O3.C8H10O8S2.C8H6O2.C7H10N2.CO2.Na.O3S.H/c1-14(29)17-7-9-20-19(11-17)13-22(26-20)15-3-5-16(6-4-15)24-27-21-10-8-18(25(30)31-2)12-23(21)28-24;9-7(17(11,12)13)5-1-2-6(4-3-5)8(10)18(14,15)16;9-5-7-1-2-8(6-10)4-3-7;1-5-2-3-6(8)7(9)4-5;2-1-3;;1-4(2)3;/h3-12H,13H2,1-2H3,(H,27,28);1-4,7-10H,(H,11,12,13)(H,14,15,16);1-6H;2-4H,8-9H2,1H3;;;;/q;;;;;+1;;-1. The Morgan fingerprint density at radius 2 is 1.20 bits per heavy atom. The molecule has 1 aliphatic rings. The molecule has 0 amide bonds. The van der Waals surface area contributed by atoms with Gasteiger partial charge >= 0.3 is 52.3 Å². The van der Waals surface area contributed by atoms with Crippen molar-refractivity contribution < 1.29 is 113 Å². The van der Waals surface area contributed by atoms with E-state index in [1.165, 1.54) is 7.11 Å². The van der Waals surface area contributed by atoms with Crippen LogP contribution in [0.4, 0.5) is 17.1 Å². The van der Waals surface area contributed by atoms with Crippen LogP contribution in [-0.4, -0.2) is 102 Å². The van der Waals surface area contributed by atoms with Crippen molar-refractivity contribution in [2.24, 2.45) is 4.99 Å². The molecule has 76 heavy (non-hydrogen) atoms. The molecular weight excluding hydrogens is 1070 g/mol. The maximum absolute atomic E-state index is 11.7. The second-order valence-electron chi connectivity index (χ2n) is 15.2. The number of aliphatic hydroxyl groups is 2. The number of ketones is 1. The van der Waals surface area contributed by atoms with Crippen LogP contribution in [0.5, 0.6) is 0 Å². The summed E-state index contributed by atoms with van der Waals surface area (Å²) in [6.07, 6.45) is 2.44. The molecule has 6 aromatic carbocycles. The van der Waals surface area contributed by atoms with Crippen molar-refractivity contribution in [2.75, 3.05) is 18.6 Å². The molecule has 0 spiro atoms. The molecule has 9 N–H and O–H groups in total. The van der Waals surface area contributed by atoms with Gasteiger partial charge in [0.2, 0.25) is 10.9 Å². The Hall–Kier alpha value is -7.72. The van der Waals surface area contributed by atoms with Gasteiger partial charge in [-0.1, -0.05) is 78.9 Å². The van der Waals surface area contributed by atoms with Crippen LogP contribution >= 0.6 is 0 Å². The minimum absolute atomic E-state index is 0. The van der Waals surface area contributed by atoms with Gasteiger partial charge in [-0.3, -0.25) is 28.5 Å². The molecule has 0 bridgehead atoms. The number of aliphatic imine (C=N–C) groups is 1. The number of aryl methyl sites for hydroxylation is 1. The summed E-state index contributed by atoms with van der Waals surface area (Å²) in [6.45, 7) is 3.56. The average Bonchev–Trinajstić information content (AvgIpc) is 4.02. The third kappa shape index (κ3) is 19.9. The molecule has 0 fully saturated rings. The fraction of sp³-hybridized carbons (Fsp3) is 0.122. The topological polar surface area (TPSA) is 405 Å². The monoisotopic (exact) mass is 1110 g/mol. The number of hydrogen-bond acceptors (Lipinski definition) is 20. The Balaban J connectivity index is 0.000000545. The van der Waals surface area contributed by atoms with Crippen molar-refractivity contribution in [1.82, 2.24) is 9.97 Å². The van der Waals surface area contributed by atoms with Crippen LogP contribution in [0.1, 0.15) is 88.5 Å². The number of fused-ring (bicyclic) bond motifs is 2. The number of nitrogens with two attached hydrogens (primary N) is 2. The Labute approximate surface area is 459 Å². The smallest absolute Gasteiger partial charge is 1.00 e. The number of carbonyl (C=O) groups excluding carboxylic acids is 6. The molecule has 0 saturated carbocycles. The summed E-state index contributed by atoms with van der Waals surface area (Å²) in [6, 6.07) is 34.9.